The van der Waals surface area contributed by atoms with Gasteiger partial charge >= 0.3 is 12.1 Å². The summed E-state index contributed by atoms with van der Waals surface area (Å²) in [6, 6.07) is 0. The van der Waals surface area contributed by atoms with Crippen LogP contribution in [-0.4, -0.2) is 28.3 Å². The average Bonchev–Trinajstić information content (AvgIpc) is 3.13. The first kappa shape index (κ1) is 22.8. The summed E-state index contributed by atoms with van der Waals surface area (Å²) < 4.78 is 45.1. The number of carbonyl (C=O) groups excluding carboxylic acids is 2. The van der Waals surface area contributed by atoms with Crippen LogP contribution in [0.15, 0.2) is 4.47 Å². The van der Waals surface area contributed by atoms with Gasteiger partial charge in [0.2, 0.25) is 5.91 Å². The SMILES string of the molecule is CCOC(=O)c1c(NC(=O)Cn2nc(C(F)(F)F)c(Br)c2C)sc2c1CC[C@@H](C)C2. The number of halogens is 4. The molecule has 2 heterocycles. The zero-order chi connectivity index (χ0) is 22.2. The van der Waals surface area contributed by atoms with Crippen LogP contribution < -0.4 is 5.32 Å². The van der Waals surface area contributed by atoms with Gasteiger partial charge in [0.1, 0.15) is 11.5 Å². The van der Waals surface area contributed by atoms with E-state index in [0.29, 0.717) is 16.5 Å². The van der Waals surface area contributed by atoms with Gasteiger partial charge in [0, 0.05) is 4.88 Å². The van der Waals surface area contributed by atoms with E-state index < -0.39 is 30.3 Å². The smallest absolute Gasteiger partial charge is 0.436 e. The normalized spacial score (nSPS) is 16.3. The van der Waals surface area contributed by atoms with Crippen LogP contribution >= 0.6 is 27.3 Å². The van der Waals surface area contributed by atoms with Crippen LogP contribution in [0.1, 0.15) is 52.5 Å². The number of aromatic nitrogens is 2. The Labute approximate surface area is 183 Å². The van der Waals surface area contributed by atoms with Crippen molar-refractivity contribution in [3.05, 3.63) is 31.9 Å². The summed E-state index contributed by atoms with van der Waals surface area (Å²) in [5.41, 5.74) is 0.346. The number of nitrogens with zero attached hydrogens (tertiary/aromatic N) is 2. The first-order valence-electron chi connectivity index (χ1n) is 9.44. The minimum Gasteiger partial charge on any atom is -0.462 e. The number of thiophene rings is 1. The number of carbonyl (C=O) groups is 2. The van der Waals surface area contributed by atoms with Crippen molar-refractivity contribution in [2.24, 2.45) is 5.92 Å². The van der Waals surface area contributed by atoms with E-state index in [0.717, 1.165) is 34.4 Å². The Balaban J connectivity index is 1.86. The molecule has 0 aromatic carbocycles. The van der Waals surface area contributed by atoms with Gasteiger partial charge in [-0.15, -0.1) is 11.3 Å². The van der Waals surface area contributed by atoms with Gasteiger partial charge in [0.25, 0.3) is 0 Å². The van der Waals surface area contributed by atoms with Crippen molar-refractivity contribution in [2.45, 2.75) is 52.8 Å². The monoisotopic (exact) mass is 507 g/mol. The van der Waals surface area contributed by atoms with Gasteiger partial charge in [-0.2, -0.15) is 18.3 Å². The lowest BCUT2D eigenvalue weighted by molar-refractivity contribution is -0.142. The first-order chi connectivity index (χ1) is 14.0. The van der Waals surface area contributed by atoms with E-state index in [9.17, 15) is 22.8 Å². The highest BCUT2D eigenvalue weighted by Gasteiger charge is 2.38. The zero-order valence-electron chi connectivity index (χ0n) is 16.7. The zero-order valence-corrected chi connectivity index (χ0v) is 19.1. The molecule has 164 valence electrons. The van der Waals surface area contributed by atoms with E-state index in [1.807, 2.05) is 0 Å². The molecule has 0 unspecified atom stereocenters. The molecule has 1 aliphatic carbocycles. The summed E-state index contributed by atoms with van der Waals surface area (Å²) >= 11 is 4.22. The van der Waals surface area contributed by atoms with Gasteiger partial charge in [-0.1, -0.05) is 6.92 Å². The minimum absolute atomic E-state index is 0.183. The first-order valence-corrected chi connectivity index (χ1v) is 11.0. The molecule has 2 aromatic rings. The fourth-order valence-electron chi connectivity index (χ4n) is 3.42. The van der Waals surface area contributed by atoms with E-state index in [-0.39, 0.29) is 16.8 Å². The topological polar surface area (TPSA) is 73.2 Å². The van der Waals surface area contributed by atoms with Crippen LogP contribution in [0.25, 0.3) is 0 Å². The van der Waals surface area contributed by atoms with Crippen LogP contribution in [0, 0.1) is 12.8 Å². The number of esters is 1. The average molecular weight is 508 g/mol. The van der Waals surface area contributed by atoms with Crippen molar-refractivity contribution in [3.63, 3.8) is 0 Å². The largest absolute Gasteiger partial charge is 0.462 e. The molecule has 3 rings (SSSR count). The molecule has 2 aromatic heterocycles. The third-order valence-electron chi connectivity index (χ3n) is 4.94. The van der Waals surface area contributed by atoms with E-state index >= 15 is 0 Å². The fraction of sp³-hybridized carbons (Fsp3) is 0.526. The highest BCUT2D eigenvalue weighted by atomic mass is 79.9. The number of fused-ring (bicyclic) bond motifs is 1. The molecule has 1 N–H and O–H groups in total. The highest BCUT2D eigenvalue weighted by molar-refractivity contribution is 9.10. The van der Waals surface area contributed by atoms with Gasteiger partial charge in [0.15, 0.2) is 5.69 Å². The predicted octanol–water partition coefficient (Wildman–Crippen LogP) is 4.97. The van der Waals surface area contributed by atoms with Crippen molar-refractivity contribution in [1.29, 1.82) is 0 Å². The quantitative estimate of drug-likeness (QED) is 0.579. The second-order valence-electron chi connectivity index (χ2n) is 7.23. The Morgan fingerprint density at radius 3 is 2.70 bits per heavy atom. The predicted molar refractivity (Wildman–Crippen MR) is 110 cm³/mol. The Kier molecular flexibility index (Phi) is 6.61. The minimum atomic E-state index is -4.63. The van der Waals surface area contributed by atoms with Crippen molar-refractivity contribution >= 4 is 44.1 Å². The number of rotatable bonds is 5. The maximum absolute atomic E-state index is 13.0. The van der Waals surface area contributed by atoms with Gasteiger partial charge < -0.3 is 10.1 Å². The Hall–Kier alpha value is -1.88. The maximum Gasteiger partial charge on any atom is 0.436 e. The lowest BCUT2D eigenvalue weighted by Gasteiger charge is -2.18. The van der Waals surface area contributed by atoms with Crippen molar-refractivity contribution in [1.82, 2.24) is 9.78 Å². The summed E-state index contributed by atoms with van der Waals surface area (Å²) in [4.78, 5) is 26.1. The summed E-state index contributed by atoms with van der Waals surface area (Å²) in [6.45, 7) is 5.06. The third kappa shape index (κ3) is 4.56. The number of nitrogens with one attached hydrogen (secondary N) is 1. The van der Waals surface area contributed by atoms with E-state index in [1.54, 1.807) is 6.92 Å². The summed E-state index contributed by atoms with van der Waals surface area (Å²) in [6.07, 6.45) is -2.17. The van der Waals surface area contributed by atoms with Crippen LogP contribution in [-0.2, 0) is 35.1 Å². The fourth-order valence-corrected chi connectivity index (χ4v) is 5.34. The van der Waals surface area contributed by atoms with E-state index in [2.05, 4.69) is 33.3 Å². The van der Waals surface area contributed by atoms with Crippen molar-refractivity contribution < 1.29 is 27.5 Å². The molecule has 0 bridgehead atoms. The van der Waals surface area contributed by atoms with Crippen LogP contribution in [0.3, 0.4) is 0 Å². The third-order valence-corrected chi connectivity index (χ3v) is 7.06. The number of hydrogen-bond donors (Lipinski definition) is 1. The van der Waals surface area contributed by atoms with Crippen molar-refractivity contribution in [2.75, 3.05) is 11.9 Å². The molecule has 6 nitrogen and oxygen atoms in total. The van der Waals surface area contributed by atoms with Crippen LogP contribution in [0.2, 0.25) is 0 Å². The van der Waals surface area contributed by atoms with Gasteiger partial charge in [-0.05, 0) is 60.5 Å². The molecule has 0 saturated heterocycles. The summed E-state index contributed by atoms with van der Waals surface area (Å²) in [7, 11) is 0. The molecule has 30 heavy (non-hydrogen) atoms. The standard InChI is InChI=1S/C19H21BrF3N3O3S/c1-4-29-18(28)14-11-6-5-9(2)7-12(11)30-17(14)24-13(27)8-26-10(3)15(20)16(25-26)19(21,22)23/h9H,4-8H2,1-3H3,(H,24,27)/t9-/m1/s1. The van der Waals surface area contributed by atoms with Gasteiger partial charge in [-0.25, -0.2) is 4.79 Å². The number of ether oxygens (including phenoxy) is 1. The van der Waals surface area contributed by atoms with Crippen LogP contribution in [0.4, 0.5) is 18.2 Å². The Morgan fingerprint density at radius 1 is 1.40 bits per heavy atom. The number of alkyl halides is 3. The maximum atomic E-state index is 13.0. The summed E-state index contributed by atoms with van der Waals surface area (Å²) in [5.74, 6) is -0.601. The molecule has 1 atom stereocenters. The van der Waals surface area contributed by atoms with Gasteiger partial charge in [0.05, 0.1) is 22.3 Å². The Morgan fingerprint density at radius 2 is 2.10 bits per heavy atom. The second-order valence-corrected chi connectivity index (χ2v) is 9.13. The summed E-state index contributed by atoms with van der Waals surface area (Å²) in [5, 5.41) is 6.58. The highest BCUT2D eigenvalue weighted by Crippen LogP contribution is 2.40. The number of hydrogen-bond acceptors (Lipinski definition) is 5. The molecule has 11 heteroatoms. The lowest BCUT2D eigenvalue weighted by atomic mass is 9.88. The molecule has 0 spiro atoms. The molecule has 0 radical (unpaired) electrons. The van der Waals surface area contributed by atoms with Gasteiger partial charge in [-0.3, -0.25) is 9.48 Å². The second kappa shape index (κ2) is 8.70. The molecule has 1 amide bonds. The molecule has 0 aliphatic heterocycles. The van der Waals surface area contributed by atoms with Crippen molar-refractivity contribution in [3.8, 4) is 0 Å². The Bertz CT molecular complexity index is 984. The molecule has 1 aliphatic rings. The lowest BCUT2D eigenvalue weighted by Crippen LogP contribution is -2.22. The van der Waals surface area contributed by atoms with E-state index in [4.69, 9.17) is 4.74 Å². The number of amides is 1. The molecule has 0 fully saturated rings. The molecular formula is C19H21BrF3N3O3S. The number of anilines is 1. The van der Waals surface area contributed by atoms with Crippen LogP contribution in [0.5, 0.6) is 0 Å². The molecular weight excluding hydrogens is 487 g/mol. The van der Waals surface area contributed by atoms with E-state index in [1.165, 1.54) is 18.3 Å². The molecule has 0 saturated carbocycles.